The van der Waals surface area contributed by atoms with Gasteiger partial charge in [0.2, 0.25) is 0 Å². The minimum Gasteiger partial charge on any atom is -0.497 e. The van der Waals surface area contributed by atoms with Gasteiger partial charge in [-0.3, -0.25) is 14.4 Å². The summed E-state index contributed by atoms with van der Waals surface area (Å²) < 4.78 is 13.5. The molecule has 1 aliphatic heterocycles. The molecule has 0 aliphatic carbocycles. The molecule has 2 aromatic carbocycles. The molecule has 0 bridgehead atoms. The number of amides is 1. The number of rotatable bonds is 8. The molecule has 1 saturated heterocycles. The van der Waals surface area contributed by atoms with Crippen molar-refractivity contribution in [3.05, 3.63) is 82.7 Å². The summed E-state index contributed by atoms with van der Waals surface area (Å²) in [5, 5.41) is 13.4. The summed E-state index contributed by atoms with van der Waals surface area (Å²) in [6.45, 7) is 5.90. The zero-order valence-electron chi connectivity index (χ0n) is 20.5. The average Bonchev–Trinajstić information content (AvgIpc) is 3.24. The fourth-order valence-corrected chi connectivity index (χ4v) is 4.16. The number of carbonyl (C=O) groups is 1. The van der Waals surface area contributed by atoms with Crippen molar-refractivity contribution in [3.63, 3.8) is 0 Å². The predicted molar refractivity (Wildman–Crippen MR) is 132 cm³/mol. The Balaban J connectivity index is 1.41. The second kappa shape index (κ2) is 11.2. The van der Waals surface area contributed by atoms with Gasteiger partial charge in [-0.05, 0) is 48.4 Å². The van der Waals surface area contributed by atoms with Gasteiger partial charge in [0.15, 0.2) is 5.69 Å². The van der Waals surface area contributed by atoms with E-state index in [1.165, 1.54) is 0 Å². The van der Waals surface area contributed by atoms with Gasteiger partial charge >= 0.3 is 0 Å². The molecule has 8 heteroatoms. The molecule has 4 rings (SSSR count). The van der Waals surface area contributed by atoms with E-state index in [1.54, 1.807) is 23.9 Å². The van der Waals surface area contributed by atoms with E-state index in [9.17, 15) is 4.79 Å². The lowest BCUT2D eigenvalue weighted by Gasteiger charge is -2.36. The highest BCUT2D eigenvalue weighted by Crippen LogP contribution is 2.25. The minimum atomic E-state index is -0.165. The Bertz CT molecular complexity index is 1170. The van der Waals surface area contributed by atoms with Crippen molar-refractivity contribution in [1.29, 1.82) is 5.26 Å². The number of hydrogen-bond acceptors (Lipinski definition) is 6. The average molecular weight is 474 g/mol. The lowest BCUT2D eigenvalue weighted by atomic mass is 10.1. The van der Waals surface area contributed by atoms with Gasteiger partial charge < -0.3 is 14.4 Å². The van der Waals surface area contributed by atoms with E-state index in [1.807, 2.05) is 55.3 Å². The van der Waals surface area contributed by atoms with Crippen LogP contribution in [0.4, 0.5) is 0 Å². The Morgan fingerprint density at radius 3 is 2.49 bits per heavy atom. The number of methoxy groups -OCH3 is 1. The van der Waals surface area contributed by atoms with Crippen LogP contribution in [0.5, 0.6) is 5.75 Å². The molecule has 1 atom stereocenters. The quantitative estimate of drug-likeness (QED) is 0.499. The third kappa shape index (κ3) is 6.07. The summed E-state index contributed by atoms with van der Waals surface area (Å²) in [5.74, 6) is 0.769. The van der Waals surface area contributed by atoms with Crippen molar-refractivity contribution < 1.29 is 14.3 Å². The largest absolute Gasteiger partial charge is 0.497 e. The lowest BCUT2D eigenvalue weighted by molar-refractivity contribution is 0.00326. The third-order valence-corrected chi connectivity index (χ3v) is 6.42. The molecule has 182 valence electrons. The fourth-order valence-electron chi connectivity index (χ4n) is 4.16. The molecule has 0 radical (unpaired) electrons. The van der Waals surface area contributed by atoms with Gasteiger partial charge in [0.25, 0.3) is 5.91 Å². The van der Waals surface area contributed by atoms with Gasteiger partial charge in [-0.1, -0.05) is 24.3 Å². The summed E-state index contributed by atoms with van der Waals surface area (Å²) in [7, 11) is 3.51. The molecule has 1 aromatic heterocycles. The molecule has 1 amide bonds. The summed E-state index contributed by atoms with van der Waals surface area (Å²) in [5.41, 5.74) is 4.15. The first-order chi connectivity index (χ1) is 17.0. The Labute approximate surface area is 206 Å². The number of carbonyl (C=O) groups excluding carboxylic acids is 1. The Morgan fingerprint density at radius 1 is 1.11 bits per heavy atom. The maximum Gasteiger partial charge on any atom is 0.274 e. The number of benzene rings is 2. The van der Waals surface area contributed by atoms with Crippen LogP contribution < -0.4 is 4.74 Å². The highest BCUT2D eigenvalue weighted by molar-refractivity contribution is 5.92. The number of nitriles is 1. The van der Waals surface area contributed by atoms with E-state index >= 15 is 0 Å². The SMILES string of the molecule is COc1cccc(C(CN2CCN(C(=O)c3cc(C)n(C)n3)CC2)OCc2ccc(C#N)cc2)c1. The van der Waals surface area contributed by atoms with Gasteiger partial charge in [0, 0.05) is 45.5 Å². The van der Waals surface area contributed by atoms with Crippen molar-refractivity contribution in [2.24, 2.45) is 7.05 Å². The molecule has 35 heavy (non-hydrogen) atoms. The van der Waals surface area contributed by atoms with Crippen LogP contribution in [-0.4, -0.2) is 65.3 Å². The molecular formula is C27H31N5O3. The van der Waals surface area contributed by atoms with Crippen molar-refractivity contribution >= 4 is 5.91 Å². The van der Waals surface area contributed by atoms with E-state index in [2.05, 4.69) is 22.1 Å². The number of ether oxygens (including phenoxy) is 2. The number of piperazine rings is 1. The van der Waals surface area contributed by atoms with E-state index in [4.69, 9.17) is 14.7 Å². The van der Waals surface area contributed by atoms with E-state index in [-0.39, 0.29) is 12.0 Å². The molecule has 1 unspecified atom stereocenters. The first-order valence-corrected chi connectivity index (χ1v) is 11.7. The van der Waals surface area contributed by atoms with Crippen LogP contribution in [0.1, 0.15) is 39.0 Å². The van der Waals surface area contributed by atoms with Crippen LogP contribution in [0.15, 0.2) is 54.6 Å². The van der Waals surface area contributed by atoms with E-state index in [0.717, 1.165) is 35.7 Å². The second-order valence-electron chi connectivity index (χ2n) is 8.77. The van der Waals surface area contributed by atoms with Gasteiger partial charge in [0.05, 0.1) is 31.5 Å². The van der Waals surface area contributed by atoms with Crippen LogP contribution in [-0.2, 0) is 18.4 Å². The molecule has 1 aliphatic rings. The van der Waals surface area contributed by atoms with Crippen LogP contribution in [0.2, 0.25) is 0 Å². The zero-order chi connectivity index (χ0) is 24.8. The van der Waals surface area contributed by atoms with Crippen LogP contribution in [0.3, 0.4) is 0 Å². The first kappa shape index (κ1) is 24.5. The monoisotopic (exact) mass is 473 g/mol. The standard InChI is InChI=1S/C27H31N5O3/c1-20-15-25(29-30(20)2)27(33)32-13-11-31(12-14-32)18-26(23-5-4-6-24(16-23)34-3)35-19-22-9-7-21(17-28)8-10-22/h4-10,15-16,26H,11-14,18-19H2,1-3H3. The summed E-state index contributed by atoms with van der Waals surface area (Å²) >= 11 is 0. The minimum absolute atomic E-state index is 0.0187. The Kier molecular flexibility index (Phi) is 7.80. The molecule has 3 aromatic rings. The topological polar surface area (TPSA) is 83.6 Å². The molecule has 2 heterocycles. The van der Waals surface area contributed by atoms with Crippen molar-refractivity contribution in [2.75, 3.05) is 39.8 Å². The van der Waals surface area contributed by atoms with Crippen LogP contribution >= 0.6 is 0 Å². The van der Waals surface area contributed by atoms with Gasteiger partial charge in [0.1, 0.15) is 5.75 Å². The normalized spacial score (nSPS) is 15.0. The summed E-state index contributed by atoms with van der Waals surface area (Å²) in [4.78, 5) is 17.1. The van der Waals surface area contributed by atoms with Gasteiger partial charge in [-0.15, -0.1) is 0 Å². The lowest BCUT2D eigenvalue weighted by Crippen LogP contribution is -2.49. The summed E-state index contributed by atoms with van der Waals surface area (Å²) in [6.07, 6.45) is -0.165. The highest BCUT2D eigenvalue weighted by atomic mass is 16.5. The first-order valence-electron chi connectivity index (χ1n) is 11.7. The third-order valence-electron chi connectivity index (χ3n) is 6.42. The zero-order valence-corrected chi connectivity index (χ0v) is 20.5. The molecule has 1 fully saturated rings. The Hall–Kier alpha value is -3.67. The maximum absolute atomic E-state index is 12.9. The maximum atomic E-state index is 12.9. The van der Waals surface area contributed by atoms with Crippen LogP contribution in [0, 0.1) is 18.3 Å². The number of aryl methyl sites for hydroxylation is 2. The number of hydrogen-bond donors (Lipinski definition) is 0. The molecular weight excluding hydrogens is 442 g/mol. The molecule has 0 spiro atoms. The molecule has 8 nitrogen and oxygen atoms in total. The van der Waals surface area contributed by atoms with Gasteiger partial charge in [-0.2, -0.15) is 10.4 Å². The number of aromatic nitrogens is 2. The van der Waals surface area contributed by atoms with Gasteiger partial charge in [-0.25, -0.2) is 0 Å². The Morgan fingerprint density at radius 2 is 1.86 bits per heavy atom. The van der Waals surface area contributed by atoms with E-state index < -0.39 is 0 Å². The van der Waals surface area contributed by atoms with Crippen LogP contribution in [0.25, 0.3) is 0 Å². The summed E-state index contributed by atoms with van der Waals surface area (Å²) in [6, 6.07) is 19.4. The van der Waals surface area contributed by atoms with Crippen molar-refractivity contribution in [3.8, 4) is 11.8 Å². The smallest absolute Gasteiger partial charge is 0.274 e. The van der Waals surface area contributed by atoms with E-state index in [0.29, 0.717) is 37.5 Å². The molecule has 0 N–H and O–H groups in total. The van der Waals surface area contributed by atoms with Crippen molar-refractivity contribution in [1.82, 2.24) is 19.6 Å². The number of nitrogens with zero attached hydrogens (tertiary/aromatic N) is 5. The second-order valence-corrected chi connectivity index (χ2v) is 8.77. The van der Waals surface area contributed by atoms with Crippen molar-refractivity contribution in [2.45, 2.75) is 19.6 Å². The molecule has 0 saturated carbocycles. The highest BCUT2D eigenvalue weighted by Gasteiger charge is 2.26. The fraction of sp³-hybridized carbons (Fsp3) is 0.370. The predicted octanol–water partition coefficient (Wildman–Crippen LogP) is 3.32.